The quantitative estimate of drug-likeness (QED) is 0.622. The minimum atomic E-state index is -3.84. The van der Waals surface area contributed by atoms with Crippen molar-refractivity contribution in [2.24, 2.45) is 7.05 Å². The van der Waals surface area contributed by atoms with E-state index in [-0.39, 0.29) is 4.90 Å². The van der Waals surface area contributed by atoms with Crippen LogP contribution in [0, 0.1) is 5.82 Å². The molecule has 7 heteroatoms. The second-order valence-corrected chi connectivity index (χ2v) is 9.62. The van der Waals surface area contributed by atoms with Crippen LogP contribution < -0.4 is 4.72 Å². The molecule has 2 aromatic carbocycles. The zero-order valence-corrected chi connectivity index (χ0v) is 17.8. The van der Waals surface area contributed by atoms with Gasteiger partial charge in [-0.05, 0) is 54.2 Å². The smallest absolute Gasteiger partial charge is 0.241 e. The van der Waals surface area contributed by atoms with Gasteiger partial charge in [-0.3, -0.25) is 0 Å². The van der Waals surface area contributed by atoms with Crippen LogP contribution in [0.2, 0.25) is 0 Å². The number of halogens is 1. The summed E-state index contributed by atoms with van der Waals surface area (Å²) in [6.45, 7) is 0. The van der Waals surface area contributed by atoms with Gasteiger partial charge in [0.1, 0.15) is 17.7 Å². The van der Waals surface area contributed by atoms with Gasteiger partial charge in [0.05, 0.1) is 4.90 Å². The summed E-state index contributed by atoms with van der Waals surface area (Å²) < 4.78 is 44.6. The third-order valence-corrected chi connectivity index (χ3v) is 7.28. The van der Waals surface area contributed by atoms with Gasteiger partial charge in [0.25, 0.3) is 0 Å². The molecule has 1 N–H and O–H groups in total. The Morgan fingerprint density at radius 1 is 1.10 bits per heavy atom. The molecule has 0 aliphatic heterocycles. The summed E-state index contributed by atoms with van der Waals surface area (Å²) in [7, 11) is -2.06. The number of nitrogens with one attached hydrogen (secondary N) is 1. The zero-order chi connectivity index (χ0) is 21.1. The highest BCUT2D eigenvalue weighted by Crippen LogP contribution is 2.33. The molecule has 1 fully saturated rings. The van der Waals surface area contributed by atoms with E-state index >= 15 is 0 Å². The number of hydrogen-bond acceptors (Lipinski definition) is 3. The number of benzene rings is 2. The highest BCUT2D eigenvalue weighted by molar-refractivity contribution is 7.89. The lowest BCUT2D eigenvalue weighted by Crippen LogP contribution is -2.31. The van der Waals surface area contributed by atoms with E-state index in [1.807, 2.05) is 12.1 Å². The molecule has 0 bridgehead atoms. The molecule has 1 aromatic heterocycles. The minimum Gasteiger partial charge on any atom is -0.336 e. The maximum atomic E-state index is 13.8. The summed E-state index contributed by atoms with van der Waals surface area (Å²) in [5.41, 5.74) is 1.69. The average molecular weight is 428 g/mol. The maximum Gasteiger partial charge on any atom is 0.241 e. The highest BCUT2D eigenvalue weighted by atomic mass is 32.2. The molecule has 30 heavy (non-hydrogen) atoms. The van der Waals surface area contributed by atoms with Crippen molar-refractivity contribution in [3.8, 4) is 0 Å². The Labute approximate surface area is 177 Å². The van der Waals surface area contributed by atoms with Crippen LogP contribution in [0.25, 0.3) is 0 Å². The van der Waals surface area contributed by atoms with E-state index in [1.54, 1.807) is 48.3 Å². The summed E-state index contributed by atoms with van der Waals surface area (Å²) >= 11 is 0. The lowest BCUT2D eigenvalue weighted by molar-refractivity contribution is 0.443. The van der Waals surface area contributed by atoms with Crippen molar-refractivity contribution in [1.82, 2.24) is 14.3 Å². The molecule has 5 nitrogen and oxygen atoms in total. The van der Waals surface area contributed by atoms with E-state index in [9.17, 15) is 12.8 Å². The number of rotatable bonds is 6. The van der Waals surface area contributed by atoms with Crippen molar-refractivity contribution in [3.63, 3.8) is 0 Å². The molecule has 4 rings (SSSR count). The van der Waals surface area contributed by atoms with E-state index in [1.165, 1.54) is 37.0 Å². The molecule has 0 radical (unpaired) electrons. The number of hydrogen-bond donors (Lipinski definition) is 1. The molecule has 3 aromatic rings. The van der Waals surface area contributed by atoms with E-state index in [0.717, 1.165) is 12.8 Å². The van der Waals surface area contributed by atoms with Crippen LogP contribution >= 0.6 is 0 Å². The Hall–Kier alpha value is -2.51. The summed E-state index contributed by atoms with van der Waals surface area (Å²) in [6, 6.07) is 12.3. The van der Waals surface area contributed by atoms with E-state index in [0.29, 0.717) is 17.3 Å². The third kappa shape index (κ3) is 4.47. The number of imidazole rings is 1. The van der Waals surface area contributed by atoms with Crippen molar-refractivity contribution < 1.29 is 12.8 Å². The molecule has 1 unspecified atom stereocenters. The fourth-order valence-electron chi connectivity index (χ4n) is 4.19. The van der Waals surface area contributed by atoms with Gasteiger partial charge in [0, 0.05) is 19.4 Å². The van der Waals surface area contributed by atoms with Gasteiger partial charge in [0.2, 0.25) is 10.0 Å². The average Bonchev–Trinajstić information content (AvgIpc) is 3.18. The van der Waals surface area contributed by atoms with Crippen LogP contribution in [0.3, 0.4) is 0 Å². The Balaban J connectivity index is 1.62. The first-order chi connectivity index (χ1) is 14.4. The van der Waals surface area contributed by atoms with Crippen molar-refractivity contribution in [3.05, 3.63) is 83.7 Å². The summed E-state index contributed by atoms with van der Waals surface area (Å²) in [4.78, 5) is 4.48. The largest absolute Gasteiger partial charge is 0.336 e. The Morgan fingerprint density at radius 3 is 2.47 bits per heavy atom. The second-order valence-electron chi connectivity index (χ2n) is 7.91. The fourth-order valence-corrected chi connectivity index (χ4v) is 5.37. The van der Waals surface area contributed by atoms with Crippen molar-refractivity contribution in [2.75, 3.05) is 0 Å². The van der Waals surface area contributed by atoms with Crippen molar-refractivity contribution in [1.29, 1.82) is 0 Å². The van der Waals surface area contributed by atoms with Crippen LogP contribution in [0.4, 0.5) is 4.39 Å². The number of nitrogens with zero attached hydrogens (tertiary/aromatic N) is 2. The van der Waals surface area contributed by atoms with Gasteiger partial charge in [-0.1, -0.05) is 43.5 Å². The predicted molar refractivity (Wildman–Crippen MR) is 114 cm³/mol. The Kier molecular flexibility index (Phi) is 6.01. The molecule has 1 saturated carbocycles. The van der Waals surface area contributed by atoms with Crippen LogP contribution in [0.1, 0.15) is 61.0 Å². The molecular formula is C23H26FN3O2S. The highest BCUT2D eigenvalue weighted by Gasteiger charge is 2.26. The zero-order valence-electron chi connectivity index (χ0n) is 17.0. The fraction of sp³-hybridized carbons (Fsp3) is 0.348. The molecule has 0 amide bonds. The third-order valence-electron chi connectivity index (χ3n) is 5.84. The molecule has 1 atom stereocenters. The molecule has 0 spiro atoms. The van der Waals surface area contributed by atoms with E-state index < -0.39 is 21.9 Å². The normalized spacial score (nSPS) is 16.5. The van der Waals surface area contributed by atoms with E-state index in [4.69, 9.17) is 0 Å². The first kappa shape index (κ1) is 20.8. The summed E-state index contributed by atoms with van der Waals surface area (Å²) in [5.74, 6) is 0.571. The SMILES string of the molecule is Cn1ccnc1C(NS(=O)(=O)c1ccc(C2CCCCC2)cc1)c1cccc(F)c1. The lowest BCUT2D eigenvalue weighted by atomic mass is 9.84. The first-order valence-corrected chi connectivity index (χ1v) is 11.8. The van der Waals surface area contributed by atoms with Crippen molar-refractivity contribution >= 4 is 10.0 Å². The van der Waals surface area contributed by atoms with Gasteiger partial charge < -0.3 is 4.57 Å². The minimum absolute atomic E-state index is 0.192. The van der Waals surface area contributed by atoms with Crippen LogP contribution in [0.15, 0.2) is 65.8 Å². The van der Waals surface area contributed by atoms with Crippen LogP contribution in [-0.2, 0) is 17.1 Å². The maximum absolute atomic E-state index is 13.8. The number of sulfonamides is 1. The predicted octanol–water partition coefficient (Wildman–Crippen LogP) is 4.67. The molecule has 1 aliphatic rings. The molecular weight excluding hydrogens is 401 g/mol. The van der Waals surface area contributed by atoms with Gasteiger partial charge in [-0.15, -0.1) is 0 Å². The van der Waals surface area contributed by atoms with Gasteiger partial charge in [0.15, 0.2) is 0 Å². The molecule has 0 saturated heterocycles. The Morgan fingerprint density at radius 2 is 1.83 bits per heavy atom. The lowest BCUT2D eigenvalue weighted by Gasteiger charge is -2.22. The van der Waals surface area contributed by atoms with Gasteiger partial charge >= 0.3 is 0 Å². The van der Waals surface area contributed by atoms with Crippen LogP contribution in [-0.4, -0.2) is 18.0 Å². The topological polar surface area (TPSA) is 64.0 Å². The first-order valence-electron chi connectivity index (χ1n) is 10.3. The monoisotopic (exact) mass is 427 g/mol. The molecule has 158 valence electrons. The van der Waals surface area contributed by atoms with Gasteiger partial charge in [-0.2, -0.15) is 4.72 Å². The Bertz CT molecular complexity index is 1100. The number of aromatic nitrogens is 2. The second kappa shape index (κ2) is 8.70. The van der Waals surface area contributed by atoms with Crippen molar-refractivity contribution in [2.45, 2.75) is 49.0 Å². The van der Waals surface area contributed by atoms with E-state index in [2.05, 4.69) is 9.71 Å². The summed E-state index contributed by atoms with van der Waals surface area (Å²) in [5, 5.41) is 0. The standard InChI is InChI=1S/C23H26FN3O2S/c1-27-15-14-25-23(27)22(19-8-5-9-20(24)16-19)26-30(28,29)21-12-10-18(11-13-21)17-6-3-2-4-7-17/h5,8-17,22,26H,2-4,6-7H2,1H3. The summed E-state index contributed by atoms with van der Waals surface area (Å²) in [6.07, 6.45) is 9.37. The molecule has 1 aliphatic carbocycles. The number of aryl methyl sites for hydroxylation is 1. The van der Waals surface area contributed by atoms with Gasteiger partial charge in [-0.25, -0.2) is 17.8 Å². The molecule has 1 heterocycles. The van der Waals surface area contributed by atoms with Crippen LogP contribution in [0.5, 0.6) is 0 Å².